The van der Waals surface area contributed by atoms with Gasteiger partial charge in [-0.05, 0) is 12.1 Å². The van der Waals surface area contributed by atoms with Gasteiger partial charge in [-0.25, -0.2) is 0 Å². The van der Waals surface area contributed by atoms with E-state index in [-0.39, 0.29) is 11.2 Å². The molecule has 21 heavy (non-hydrogen) atoms. The molecule has 0 N–H and O–H groups in total. The highest BCUT2D eigenvalue weighted by Crippen LogP contribution is 2.33. The van der Waals surface area contributed by atoms with Crippen LogP contribution >= 0.6 is 0 Å². The fourth-order valence-electron chi connectivity index (χ4n) is 2.33. The molecule has 3 rings (SSSR count). The highest BCUT2D eigenvalue weighted by atomic mass is 16.5. The Morgan fingerprint density at radius 2 is 1.67 bits per heavy atom. The van der Waals surface area contributed by atoms with Crippen molar-refractivity contribution in [1.29, 1.82) is 0 Å². The van der Waals surface area contributed by atoms with Crippen molar-refractivity contribution in [2.45, 2.75) is 0 Å². The molecule has 1 aromatic heterocycles. The van der Waals surface area contributed by atoms with E-state index >= 15 is 0 Å². The van der Waals surface area contributed by atoms with E-state index in [0.717, 1.165) is 5.56 Å². The van der Waals surface area contributed by atoms with Crippen molar-refractivity contribution < 1.29 is 13.9 Å². The first-order valence-electron chi connectivity index (χ1n) is 6.49. The van der Waals surface area contributed by atoms with Crippen LogP contribution < -0.4 is 14.9 Å². The molecule has 0 radical (unpaired) electrons. The van der Waals surface area contributed by atoms with E-state index in [0.29, 0.717) is 22.5 Å². The SMILES string of the molecule is COc1c(-c2ccccc2)oc2cccc(OC)c2c1=O. The van der Waals surface area contributed by atoms with Gasteiger partial charge in [-0.3, -0.25) is 4.79 Å². The van der Waals surface area contributed by atoms with Crippen LogP contribution in [-0.2, 0) is 0 Å². The molecule has 0 atom stereocenters. The third-order valence-electron chi connectivity index (χ3n) is 3.30. The number of ether oxygens (including phenoxy) is 2. The van der Waals surface area contributed by atoms with Gasteiger partial charge < -0.3 is 13.9 Å². The quantitative estimate of drug-likeness (QED) is 0.738. The van der Waals surface area contributed by atoms with Crippen LogP contribution in [0.5, 0.6) is 11.5 Å². The first-order chi connectivity index (χ1) is 10.3. The van der Waals surface area contributed by atoms with Crippen molar-refractivity contribution in [3.8, 4) is 22.8 Å². The van der Waals surface area contributed by atoms with Gasteiger partial charge in [-0.1, -0.05) is 36.4 Å². The smallest absolute Gasteiger partial charge is 0.239 e. The number of fused-ring (bicyclic) bond motifs is 1. The molecule has 0 spiro atoms. The molecule has 4 nitrogen and oxygen atoms in total. The molecule has 4 heteroatoms. The van der Waals surface area contributed by atoms with E-state index in [1.165, 1.54) is 14.2 Å². The highest BCUT2D eigenvalue weighted by Gasteiger charge is 2.18. The summed E-state index contributed by atoms with van der Waals surface area (Å²) in [7, 11) is 2.98. The van der Waals surface area contributed by atoms with Crippen molar-refractivity contribution in [3.05, 3.63) is 58.8 Å². The normalized spacial score (nSPS) is 10.6. The van der Waals surface area contributed by atoms with E-state index in [1.54, 1.807) is 18.2 Å². The van der Waals surface area contributed by atoms with Gasteiger partial charge in [0.25, 0.3) is 0 Å². The lowest BCUT2D eigenvalue weighted by Gasteiger charge is -2.10. The van der Waals surface area contributed by atoms with E-state index < -0.39 is 0 Å². The summed E-state index contributed by atoms with van der Waals surface area (Å²) in [6, 6.07) is 14.6. The molecule has 3 aromatic rings. The van der Waals surface area contributed by atoms with Crippen LogP contribution in [0.3, 0.4) is 0 Å². The van der Waals surface area contributed by atoms with Crippen LogP contribution in [-0.4, -0.2) is 14.2 Å². The molecule has 106 valence electrons. The van der Waals surface area contributed by atoms with Crippen molar-refractivity contribution in [1.82, 2.24) is 0 Å². The summed E-state index contributed by atoms with van der Waals surface area (Å²) in [5, 5.41) is 0.386. The molecule has 1 heterocycles. The zero-order valence-electron chi connectivity index (χ0n) is 11.8. The maximum atomic E-state index is 12.7. The topological polar surface area (TPSA) is 48.7 Å². The van der Waals surface area contributed by atoms with Gasteiger partial charge in [0, 0.05) is 5.56 Å². The minimum absolute atomic E-state index is 0.179. The molecule has 0 saturated carbocycles. The Labute approximate surface area is 121 Å². The van der Waals surface area contributed by atoms with Crippen LogP contribution in [0.1, 0.15) is 0 Å². The predicted octanol–water partition coefficient (Wildman–Crippen LogP) is 3.48. The zero-order valence-corrected chi connectivity index (χ0v) is 11.8. The van der Waals surface area contributed by atoms with E-state index in [2.05, 4.69) is 0 Å². The lowest BCUT2D eigenvalue weighted by atomic mass is 10.1. The van der Waals surface area contributed by atoms with Gasteiger partial charge in [-0.2, -0.15) is 0 Å². The third kappa shape index (κ3) is 2.14. The molecular weight excluding hydrogens is 268 g/mol. The molecule has 0 aliphatic rings. The number of hydrogen-bond donors (Lipinski definition) is 0. The molecule has 0 fully saturated rings. The summed E-state index contributed by atoms with van der Waals surface area (Å²) < 4.78 is 16.4. The van der Waals surface area contributed by atoms with Crippen LogP contribution in [0.4, 0.5) is 0 Å². The Morgan fingerprint density at radius 1 is 0.905 bits per heavy atom. The second kappa shape index (κ2) is 5.32. The van der Waals surface area contributed by atoms with Crippen molar-refractivity contribution in [2.75, 3.05) is 14.2 Å². The Hall–Kier alpha value is -2.75. The number of hydrogen-bond acceptors (Lipinski definition) is 4. The molecule has 2 aromatic carbocycles. The van der Waals surface area contributed by atoms with E-state index in [4.69, 9.17) is 13.9 Å². The summed E-state index contributed by atoms with van der Waals surface area (Å²) in [4.78, 5) is 12.7. The number of rotatable bonds is 3. The fourth-order valence-corrected chi connectivity index (χ4v) is 2.33. The van der Waals surface area contributed by atoms with Gasteiger partial charge in [0.05, 0.1) is 14.2 Å². The molecule has 0 unspecified atom stereocenters. The van der Waals surface area contributed by atoms with Crippen molar-refractivity contribution >= 4 is 11.0 Å². The first kappa shape index (κ1) is 13.2. The Balaban J connectivity index is 2.40. The molecule has 0 aliphatic carbocycles. The molecule has 0 bridgehead atoms. The second-order valence-electron chi connectivity index (χ2n) is 4.49. The standard InChI is InChI=1S/C17H14O4/c1-19-12-9-6-10-13-14(12)15(18)17(20-2)16(21-13)11-7-4-3-5-8-11/h3-10H,1-2H3. The van der Waals surface area contributed by atoms with Gasteiger partial charge >= 0.3 is 0 Å². The minimum Gasteiger partial charge on any atom is -0.496 e. The summed E-state index contributed by atoms with van der Waals surface area (Å²) in [6.07, 6.45) is 0. The predicted molar refractivity (Wildman–Crippen MR) is 81.0 cm³/mol. The summed E-state index contributed by atoms with van der Waals surface area (Å²) in [5.74, 6) is 1.07. The number of benzene rings is 2. The Kier molecular flexibility index (Phi) is 3.36. The minimum atomic E-state index is -0.241. The largest absolute Gasteiger partial charge is 0.496 e. The van der Waals surface area contributed by atoms with E-state index in [1.807, 2.05) is 30.3 Å². The lowest BCUT2D eigenvalue weighted by molar-refractivity contribution is 0.396. The zero-order chi connectivity index (χ0) is 14.8. The van der Waals surface area contributed by atoms with Crippen LogP contribution in [0, 0.1) is 0 Å². The Bertz CT molecular complexity index is 835. The van der Waals surface area contributed by atoms with E-state index in [9.17, 15) is 4.79 Å². The molecule has 0 saturated heterocycles. The van der Waals surface area contributed by atoms with Crippen LogP contribution in [0.25, 0.3) is 22.3 Å². The van der Waals surface area contributed by atoms with Crippen LogP contribution in [0.15, 0.2) is 57.7 Å². The third-order valence-corrected chi connectivity index (χ3v) is 3.30. The van der Waals surface area contributed by atoms with Crippen molar-refractivity contribution in [3.63, 3.8) is 0 Å². The average Bonchev–Trinajstić information content (AvgIpc) is 2.54. The first-order valence-corrected chi connectivity index (χ1v) is 6.49. The summed E-state index contributed by atoms with van der Waals surface area (Å²) >= 11 is 0. The van der Waals surface area contributed by atoms with Gasteiger partial charge in [-0.15, -0.1) is 0 Å². The monoisotopic (exact) mass is 282 g/mol. The average molecular weight is 282 g/mol. The molecule has 0 amide bonds. The highest BCUT2D eigenvalue weighted by molar-refractivity contribution is 5.87. The van der Waals surface area contributed by atoms with Gasteiger partial charge in [0.1, 0.15) is 16.7 Å². The number of methoxy groups -OCH3 is 2. The summed E-state index contributed by atoms with van der Waals surface area (Å²) in [5.41, 5.74) is 1.02. The Morgan fingerprint density at radius 3 is 2.33 bits per heavy atom. The fraction of sp³-hybridized carbons (Fsp3) is 0.118. The lowest BCUT2D eigenvalue weighted by Crippen LogP contribution is -2.08. The molecular formula is C17H14O4. The van der Waals surface area contributed by atoms with Gasteiger partial charge in [0.2, 0.25) is 11.2 Å². The maximum Gasteiger partial charge on any atom is 0.239 e. The molecule has 0 aliphatic heterocycles. The second-order valence-corrected chi connectivity index (χ2v) is 4.49. The van der Waals surface area contributed by atoms with Crippen LogP contribution in [0.2, 0.25) is 0 Å². The summed E-state index contributed by atoms with van der Waals surface area (Å²) in [6.45, 7) is 0. The maximum absolute atomic E-state index is 12.7. The van der Waals surface area contributed by atoms with Gasteiger partial charge in [0.15, 0.2) is 5.76 Å². The van der Waals surface area contributed by atoms with Crippen molar-refractivity contribution in [2.24, 2.45) is 0 Å².